The molecule has 3 nitrogen and oxygen atoms in total. The number of ketones is 1. The van der Waals surface area contributed by atoms with Crippen LogP contribution in [0.1, 0.15) is 25.3 Å². The van der Waals surface area contributed by atoms with Crippen molar-refractivity contribution in [3.05, 3.63) is 35.9 Å². The van der Waals surface area contributed by atoms with E-state index in [4.69, 9.17) is 9.47 Å². The van der Waals surface area contributed by atoms with Gasteiger partial charge in [0.15, 0.2) is 5.78 Å². The molecule has 1 aromatic carbocycles. The number of Topliss-reactive ketones (excluding diaryl/α,β-unsaturated/α-hetero) is 1. The fraction of sp³-hybridized carbons (Fsp3) is 0.500. The van der Waals surface area contributed by atoms with E-state index in [-0.39, 0.29) is 17.3 Å². The molecule has 0 bridgehead atoms. The molecule has 0 amide bonds. The van der Waals surface area contributed by atoms with Crippen molar-refractivity contribution < 1.29 is 14.3 Å². The minimum Gasteiger partial charge on any atom is -0.345 e. The molecule has 1 saturated heterocycles. The van der Waals surface area contributed by atoms with Crippen LogP contribution in [-0.4, -0.2) is 24.8 Å². The third-order valence-corrected chi connectivity index (χ3v) is 4.16. The van der Waals surface area contributed by atoms with E-state index in [0.29, 0.717) is 6.42 Å². The molecule has 17 heavy (non-hydrogen) atoms. The van der Waals surface area contributed by atoms with Crippen molar-refractivity contribution in [1.29, 1.82) is 0 Å². The Balaban J connectivity index is 1.98. The van der Waals surface area contributed by atoms with Gasteiger partial charge in [0.2, 0.25) is 0 Å². The van der Waals surface area contributed by atoms with Crippen LogP contribution < -0.4 is 0 Å². The zero-order valence-corrected chi connectivity index (χ0v) is 10.1. The highest BCUT2D eigenvalue weighted by molar-refractivity contribution is 5.91. The van der Waals surface area contributed by atoms with Gasteiger partial charge in [0.1, 0.15) is 6.10 Å². The van der Waals surface area contributed by atoms with E-state index in [1.54, 1.807) is 7.11 Å². The van der Waals surface area contributed by atoms with Crippen molar-refractivity contribution >= 4 is 5.78 Å². The number of epoxide rings is 1. The van der Waals surface area contributed by atoms with Crippen LogP contribution in [0.3, 0.4) is 0 Å². The van der Waals surface area contributed by atoms with Gasteiger partial charge in [0, 0.05) is 18.9 Å². The number of hydrogen-bond acceptors (Lipinski definition) is 3. The second-order valence-corrected chi connectivity index (χ2v) is 5.08. The quantitative estimate of drug-likeness (QED) is 0.732. The molecule has 3 rings (SSSR count). The van der Waals surface area contributed by atoms with Crippen molar-refractivity contribution in [2.75, 3.05) is 7.11 Å². The lowest BCUT2D eigenvalue weighted by atomic mass is 9.69. The van der Waals surface area contributed by atoms with E-state index in [0.717, 1.165) is 6.42 Å². The predicted octanol–water partition coefficient (Wildman–Crippen LogP) is 2.05. The van der Waals surface area contributed by atoms with Gasteiger partial charge in [0.25, 0.3) is 5.79 Å². The maximum absolute atomic E-state index is 11.9. The van der Waals surface area contributed by atoms with Gasteiger partial charge in [-0.3, -0.25) is 4.79 Å². The molecular weight excluding hydrogens is 216 g/mol. The second-order valence-electron chi connectivity index (χ2n) is 5.08. The zero-order valence-electron chi connectivity index (χ0n) is 10.1. The fourth-order valence-electron chi connectivity index (χ4n) is 2.96. The van der Waals surface area contributed by atoms with Crippen LogP contribution in [0.25, 0.3) is 0 Å². The number of methoxy groups -OCH3 is 1. The Bertz CT molecular complexity index is 456. The van der Waals surface area contributed by atoms with Crippen LogP contribution in [0.2, 0.25) is 0 Å². The molecule has 0 aromatic heterocycles. The smallest absolute Gasteiger partial charge is 0.257 e. The summed E-state index contributed by atoms with van der Waals surface area (Å²) in [4.78, 5) is 11.9. The molecule has 1 heterocycles. The Morgan fingerprint density at radius 3 is 2.71 bits per heavy atom. The molecule has 1 aromatic rings. The van der Waals surface area contributed by atoms with Crippen LogP contribution in [0, 0.1) is 0 Å². The monoisotopic (exact) mass is 232 g/mol. The average Bonchev–Trinajstić information content (AvgIpc) is 3.13. The molecule has 0 N–H and O–H groups in total. The molecule has 0 spiro atoms. The molecule has 90 valence electrons. The number of benzene rings is 1. The van der Waals surface area contributed by atoms with Gasteiger partial charge in [0.05, 0.1) is 0 Å². The zero-order chi connectivity index (χ0) is 12.1. The Morgan fingerprint density at radius 2 is 2.06 bits per heavy atom. The van der Waals surface area contributed by atoms with Crippen LogP contribution in [0.15, 0.2) is 30.3 Å². The standard InChI is InChI=1S/C14H16O3/c1-13(10-6-4-3-5-7-10)9-8-11(15)14(16-2)12(13)17-14/h3-7,12H,8-9H2,1-2H3. The minimum absolute atomic E-state index is 0.0819. The van der Waals surface area contributed by atoms with Crippen LogP contribution in [0.4, 0.5) is 0 Å². The summed E-state index contributed by atoms with van der Waals surface area (Å²) in [6, 6.07) is 10.2. The molecule has 3 heteroatoms. The van der Waals surface area contributed by atoms with E-state index < -0.39 is 5.79 Å². The van der Waals surface area contributed by atoms with Crippen molar-refractivity contribution in [3.63, 3.8) is 0 Å². The van der Waals surface area contributed by atoms with E-state index in [1.807, 2.05) is 18.2 Å². The molecular formula is C14H16O3. The summed E-state index contributed by atoms with van der Waals surface area (Å²) < 4.78 is 10.9. The number of ether oxygens (including phenoxy) is 2. The van der Waals surface area contributed by atoms with E-state index in [9.17, 15) is 4.79 Å². The maximum atomic E-state index is 11.9. The number of carbonyl (C=O) groups is 1. The van der Waals surface area contributed by atoms with Gasteiger partial charge in [-0.25, -0.2) is 0 Å². The van der Waals surface area contributed by atoms with E-state index in [2.05, 4.69) is 19.1 Å². The number of carbonyl (C=O) groups excluding carboxylic acids is 1. The van der Waals surface area contributed by atoms with Crippen molar-refractivity contribution in [1.82, 2.24) is 0 Å². The van der Waals surface area contributed by atoms with Gasteiger partial charge < -0.3 is 9.47 Å². The summed E-state index contributed by atoms with van der Waals surface area (Å²) in [6.45, 7) is 2.15. The second kappa shape index (κ2) is 3.40. The van der Waals surface area contributed by atoms with E-state index in [1.165, 1.54) is 5.56 Å². The van der Waals surface area contributed by atoms with Crippen LogP contribution >= 0.6 is 0 Å². The molecule has 2 aliphatic rings. The first-order chi connectivity index (χ1) is 8.13. The lowest BCUT2D eigenvalue weighted by Gasteiger charge is -2.33. The molecule has 3 atom stereocenters. The van der Waals surface area contributed by atoms with Gasteiger partial charge in [-0.2, -0.15) is 0 Å². The molecule has 2 fully saturated rings. The van der Waals surface area contributed by atoms with Gasteiger partial charge in [-0.15, -0.1) is 0 Å². The largest absolute Gasteiger partial charge is 0.345 e. The van der Waals surface area contributed by atoms with Crippen molar-refractivity contribution in [3.8, 4) is 0 Å². The SMILES string of the molecule is COC12OC1C(C)(c1ccccc1)CCC2=O. The Labute approximate surface area is 101 Å². The van der Waals surface area contributed by atoms with Crippen molar-refractivity contribution in [2.45, 2.75) is 37.1 Å². The van der Waals surface area contributed by atoms with Crippen LogP contribution in [-0.2, 0) is 19.7 Å². The van der Waals surface area contributed by atoms with Crippen LogP contribution in [0.5, 0.6) is 0 Å². The Morgan fingerprint density at radius 1 is 1.35 bits per heavy atom. The molecule has 0 radical (unpaired) electrons. The molecule has 3 unspecified atom stereocenters. The van der Waals surface area contributed by atoms with E-state index >= 15 is 0 Å². The summed E-state index contributed by atoms with van der Waals surface area (Å²) in [5.74, 6) is -0.874. The summed E-state index contributed by atoms with van der Waals surface area (Å²) in [5, 5.41) is 0. The summed E-state index contributed by atoms with van der Waals surface area (Å²) in [5.41, 5.74) is 1.10. The molecule has 1 saturated carbocycles. The topological polar surface area (TPSA) is 38.8 Å². The third kappa shape index (κ3) is 1.33. The lowest BCUT2D eigenvalue weighted by molar-refractivity contribution is -0.141. The minimum atomic E-state index is -0.956. The van der Waals surface area contributed by atoms with Gasteiger partial charge >= 0.3 is 0 Å². The first-order valence-electron chi connectivity index (χ1n) is 5.95. The Hall–Kier alpha value is -1.19. The predicted molar refractivity (Wildman–Crippen MR) is 62.6 cm³/mol. The maximum Gasteiger partial charge on any atom is 0.257 e. The Kier molecular flexibility index (Phi) is 2.19. The highest BCUT2D eigenvalue weighted by Crippen LogP contribution is 2.56. The molecule has 1 aliphatic carbocycles. The number of rotatable bonds is 2. The summed E-state index contributed by atoms with van der Waals surface area (Å²) in [6.07, 6.45) is 1.21. The first kappa shape index (κ1) is 10.9. The number of hydrogen-bond donors (Lipinski definition) is 0. The van der Waals surface area contributed by atoms with Gasteiger partial charge in [-0.1, -0.05) is 37.3 Å². The van der Waals surface area contributed by atoms with Gasteiger partial charge in [-0.05, 0) is 12.0 Å². The average molecular weight is 232 g/mol. The highest BCUT2D eigenvalue weighted by atomic mass is 16.8. The summed E-state index contributed by atoms with van der Waals surface area (Å²) in [7, 11) is 1.55. The first-order valence-corrected chi connectivity index (χ1v) is 5.95. The number of fused-ring (bicyclic) bond motifs is 1. The fourth-order valence-corrected chi connectivity index (χ4v) is 2.96. The lowest BCUT2D eigenvalue weighted by Crippen LogP contribution is -2.44. The molecule has 1 aliphatic heterocycles. The third-order valence-electron chi connectivity index (χ3n) is 4.16. The highest BCUT2D eigenvalue weighted by Gasteiger charge is 2.72. The van der Waals surface area contributed by atoms with Crippen molar-refractivity contribution in [2.24, 2.45) is 0 Å². The summed E-state index contributed by atoms with van der Waals surface area (Å²) >= 11 is 0. The normalized spacial score (nSPS) is 39.9.